The minimum Gasteiger partial charge on any atom is -0.363 e. The molecular weight excluding hydrogens is 355 g/mol. The van der Waals surface area contributed by atoms with Crippen molar-refractivity contribution in [2.45, 2.75) is 19.1 Å². The fraction of sp³-hybridized carbons (Fsp3) is 0.368. The van der Waals surface area contributed by atoms with Crippen LogP contribution >= 0.6 is 0 Å². The molecule has 27 heavy (non-hydrogen) atoms. The quantitative estimate of drug-likeness (QED) is 0.598. The second-order valence-electron chi connectivity index (χ2n) is 6.18. The Hall–Kier alpha value is -2.77. The molecule has 8 heteroatoms. The van der Waals surface area contributed by atoms with Gasteiger partial charge >= 0.3 is 6.18 Å². The van der Waals surface area contributed by atoms with Gasteiger partial charge in [0.1, 0.15) is 5.82 Å². The molecule has 2 aromatic rings. The van der Waals surface area contributed by atoms with Gasteiger partial charge in [0.25, 0.3) is 0 Å². The molecule has 0 aliphatic rings. The number of aromatic nitrogens is 1. The van der Waals surface area contributed by atoms with Gasteiger partial charge in [-0.25, -0.2) is 4.98 Å². The Morgan fingerprint density at radius 2 is 1.78 bits per heavy atom. The highest BCUT2D eigenvalue weighted by atomic mass is 19.4. The van der Waals surface area contributed by atoms with Gasteiger partial charge in [0.05, 0.1) is 17.8 Å². The van der Waals surface area contributed by atoms with Gasteiger partial charge in [-0.1, -0.05) is 18.2 Å². The summed E-state index contributed by atoms with van der Waals surface area (Å²) < 4.78 is 37.7. The summed E-state index contributed by atoms with van der Waals surface area (Å²) in [5, 5.41) is 6.33. The molecule has 2 N–H and O–H groups in total. The van der Waals surface area contributed by atoms with Crippen LogP contribution in [0.1, 0.15) is 16.8 Å². The third-order valence-corrected chi connectivity index (χ3v) is 3.90. The number of nitrogens with one attached hydrogen (secondary N) is 2. The van der Waals surface area contributed by atoms with Crippen LogP contribution in [0.2, 0.25) is 0 Å². The molecule has 0 spiro atoms. The maximum atomic E-state index is 12.6. The molecule has 0 bridgehead atoms. The summed E-state index contributed by atoms with van der Waals surface area (Å²) >= 11 is 0. The Labute approximate surface area is 157 Å². The summed E-state index contributed by atoms with van der Waals surface area (Å²) in [6, 6.07) is 11.0. The van der Waals surface area contributed by atoms with Crippen LogP contribution in [0.5, 0.6) is 0 Å². The van der Waals surface area contributed by atoms with Crippen LogP contribution < -0.4 is 15.5 Å². The van der Waals surface area contributed by atoms with Crippen LogP contribution in [-0.2, 0) is 19.1 Å². The van der Waals surface area contributed by atoms with Crippen molar-refractivity contribution in [3.63, 3.8) is 0 Å². The van der Waals surface area contributed by atoms with E-state index >= 15 is 0 Å². The van der Waals surface area contributed by atoms with Crippen molar-refractivity contribution in [2.75, 3.05) is 32.6 Å². The molecule has 5 nitrogen and oxygen atoms in total. The monoisotopic (exact) mass is 379 g/mol. The summed E-state index contributed by atoms with van der Waals surface area (Å²) in [7, 11) is 5.53. The summed E-state index contributed by atoms with van der Waals surface area (Å²) in [5.74, 6) is 1.48. The topological polar surface area (TPSA) is 52.6 Å². The van der Waals surface area contributed by atoms with Gasteiger partial charge in [0.2, 0.25) is 0 Å². The zero-order chi connectivity index (χ0) is 19.9. The average Bonchev–Trinajstić information content (AvgIpc) is 2.64. The van der Waals surface area contributed by atoms with E-state index in [-0.39, 0.29) is 0 Å². The SMILES string of the molecule is CN=C(NCCc1ccc(C(F)(F)F)cc1)NCc1cccc(N(C)C)n1. The van der Waals surface area contributed by atoms with E-state index in [0.717, 1.165) is 29.2 Å². The van der Waals surface area contributed by atoms with E-state index in [9.17, 15) is 13.2 Å². The molecule has 0 fully saturated rings. The Morgan fingerprint density at radius 3 is 2.37 bits per heavy atom. The van der Waals surface area contributed by atoms with Gasteiger partial charge < -0.3 is 15.5 Å². The maximum Gasteiger partial charge on any atom is 0.416 e. The van der Waals surface area contributed by atoms with Crippen LogP contribution in [0.25, 0.3) is 0 Å². The van der Waals surface area contributed by atoms with Crippen molar-refractivity contribution >= 4 is 11.8 Å². The highest BCUT2D eigenvalue weighted by Crippen LogP contribution is 2.29. The highest BCUT2D eigenvalue weighted by Gasteiger charge is 2.29. The van der Waals surface area contributed by atoms with Crippen LogP contribution in [0.15, 0.2) is 47.5 Å². The number of guanidine groups is 1. The summed E-state index contributed by atoms with van der Waals surface area (Å²) in [6.45, 7) is 1.07. The molecule has 146 valence electrons. The standard InChI is InChI=1S/C19H24F3N5/c1-23-18(25-13-16-5-4-6-17(26-16)27(2)3)24-12-11-14-7-9-15(10-8-14)19(20,21)22/h4-10H,11-13H2,1-3H3,(H2,23,24,25). The fourth-order valence-electron chi connectivity index (χ4n) is 2.39. The fourth-order valence-corrected chi connectivity index (χ4v) is 2.39. The van der Waals surface area contributed by atoms with E-state index in [1.807, 2.05) is 37.2 Å². The van der Waals surface area contributed by atoms with Crippen molar-refractivity contribution in [1.29, 1.82) is 0 Å². The lowest BCUT2D eigenvalue weighted by Crippen LogP contribution is -2.38. The van der Waals surface area contributed by atoms with E-state index in [4.69, 9.17) is 0 Å². The molecule has 0 unspecified atom stereocenters. The molecule has 0 aliphatic heterocycles. The van der Waals surface area contributed by atoms with E-state index in [2.05, 4.69) is 20.6 Å². The molecule has 0 radical (unpaired) electrons. The summed E-state index contributed by atoms with van der Waals surface area (Å²) in [6.07, 6.45) is -3.71. The third-order valence-electron chi connectivity index (χ3n) is 3.90. The van der Waals surface area contributed by atoms with Crippen LogP contribution in [-0.4, -0.2) is 38.6 Å². The number of nitrogens with zero attached hydrogens (tertiary/aromatic N) is 3. The Bertz CT molecular complexity index is 755. The van der Waals surface area contributed by atoms with Crippen LogP contribution in [0.4, 0.5) is 19.0 Å². The Morgan fingerprint density at radius 1 is 1.07 bits per heavy atom. The number of benzene rings is 1. The summed E-state index contributed by atoms with van der Waals surface area (Å²) in [5.41, 5.74) is 1.07. The summed E-state index contributed by atoms with van der Waals surface area (Å²) in [4.78, 5) is 10.6. The molecule has 0 saturated heterocycles. The predicted molar refractivity (Wildman–Crippen MR) is 102 cm³/mol. The molecule has 1 aromatic heterocycles. The van der Waals surface area contributed by atoms with Crippen LogP contribution in [0, 0.1) is 0 Å². The normalized spacial score (nSPS) is 12.0. The van der Waals surface area contributed by atoms with Crippen molar-refractivity contribution < 1.29 is 13.2 Å². The van der Waals surface area contributed by atoms with Gasteiger partial charge in [-0.05, 0) is 36.2 Å². The first-order chi connectivity index (χ1) is 12.8. The number of halogens is 3. The van der Waals surface area contributed by atoms with E-state index in [1.165, 1.54) is 12.1 Å². The van der Waals surface area contributed by atoms with Crippen LogP contribution in [0.3, 0.4) is 0 Å². The smallest absolute Gasteiger partial charge is 0.363 e. The molecule has 2 rings (SSSR count). The first kappa shape index (κ1) is 20.5. The average molecular weight is 379 g/mol. The molecule has 1 heterocycles. The lowest BCUT2D eigenvalue weighted by molar-refractivity contribution is -0.137. The zero-order valence-corrected chi connectivity index (χ0v) is 15.6. The Kier molecular flexibility index (Phi) is 7.04. The van der Waals surface area contributed by atoms with Gasteiger partial charge in [-0.15, -0.1) is 0 Å². The van der Waals surface area contributed by atoms with Gasteiger partial charge in [0, 0.05) is 27.7 Å². The predicted octanol–water partition coefficient (Wildman–Crippen LogP) is 3.07. The number of rotatable bonds is 6. The number of hydrogen-bond acceptors (Lipinski definition) is 3. The molecule has 0 atom stereocenters. The number of pyridine rings is 1. The molecule has 1 aromatic carbocycles. The van der Waals surface area contributed by atoms with E-state index in [0.29, 0.717) is 25.5 Å². The van der Waals surface area contributed by atoms with E-state index < -0.39 is 11.7 Å². The highest BCUT2D eigenvalue weighted by molar-refractivity contribution is 5.79. The van der Waals surface area contributed by atoms with Crippen molar-refractivity contribution in [1.82, 2.24) is 15.6 Å². The Balaban J connectivity index is 1.81. The first-order valence-corrected chi connectivity index (χ1v) is 8.53. The van der Waals surface area contributed by atoms with Crippen molar-refractivity contribution in [2.24, 2.45) is 4.99 Å². The van der Waals surface area contributed by atoms with Gasteiger partial charge in [0.15, 0.2) is 5.96 Å². The second kappa shape index (κ2) is 9.25. The second-order valence-corrected chi connectivity index (χ2v) is 6.18. The maximum absolute atomic E-state index is 12.6. The lowest BCUT2D eigenvalue weighted by Gasteiger charge is -2.14. The minimum absolute atomic E-state index is 0.516. The van der Waals surface area contributed by atoms with Crippen molar-refractivity contribution in [3.05, 3.63) is 59.3 Å². The minimum atomic E-state index is -4.30. The number of hydrogen-bond donors (Lipinski definition) is 2. The molecule has 0 amide bonds. The number of alkyl halides is 3. The lowest BCUT2D eigenvalue weighted by atomic mass is 10.1. The molecule has 0 aliphatic carbocycles. The van der Waals surface area contributed by atoms with E-state index in [1.54, 1.807) is 7.05 Å². The van der Waals surface area contributed by atoms with Gasteiger partial charge in [-0.3, -0.25) is 4.99 Å². The first-order valence-electron chi connectivity index (χ1n) is 8.53. The largest absolute Gasteiger partial charge is 0.416 e. The van der Waals surface area contributed by atoms with Crippen molar-refractivity contribution in [3.8, 4) is 0 Å². The zero-order valence-electron chi connectivity index (χ0n) is 15.6. The molecule has 0 saturated carbocycles. The van der Waals surface area contributed by atoms with Gasteiger partial charge in [-0.2, -0.15) is 13.2 Å². The third kappa shape index (κ3) is 6.47. The number of aliphatic imine (C=N–C) groups is 1. The molecular formula is C19H24F3N5. The number of anilines is 1.